The van der Waals surface area contributed by atoms with Crippen molar-refractivity contribution >= 4 is 18.0 Å². The van der Waals surface area contributed by atoms with Crippen LogP contribution in [0.25, 0.3) is 6.08 Å². The van der Waals surface area contributed by atoms with E-state index in [-0.39, 0.29) is 11.9 Å². The number of nitriles is 1. The highest BCUT2D eigenvalue weighted by Gasteiger charge is 2.01. The third kappa shape index (κ3) is 6.92. The summed E-state index contributed by atoms with van der Waals surface area (Å²) in [4.78, 5) is 22.6. The van der Waals surface area contributed by atoms with Gasteiger partial charge in [0.25, 0.3) is 0 Å². The molecule has 0 unspecified atom stereocenters. The molecule has 1 aromatic rings. The fourth-order valence-corrected chi connectivity index (χ4v) is 1.58. The summed E-state index contributed by atoms with van der Waals surface area (Å²) >= 11 is 0. The molecule has 0 aliphatic heterocycles. The van der Waals surface area contributed by atoms with Crippen LogP contribution in [0.1, 0.15) is 30.9 Å². The van der Waals surface area contributed by atoms with Gasteiger partial charge < -0.3 is 10.1 Å². The van der Waals surface area contributed by atoms with Crippen LogP contribution in [0.4, 0.5) is 0 Å². The molecule has 0 fully saturated rings. The number of rotatable bonds is 7. The summed E-state index contributed by atoms with van der Waals surface area (Å²) in [7, 11) is 0. The number of hydrogen-bond acceptors (Lipinski definition) is 4. The van der Waals surface area contributed by atoms with Crippen LogP contribution in [0, 0.1) is 11.3 Å². The number of benzene rings is 1. The number of hydrogen-bond donors (Lipinski definition) is 1. The first-order chi connectivity index (χ1) is 10.2. The van der Waals surface area contributed by atoms with E-state index in [1.807, 2.05) is 6.07 Å². The minimum atomic E-state index is -0.250. The van der Waals surface area contributed by atoms with Crippen LogP contribution in [0.3, 0.4) is 0 Å². The summed E-state index contributed by atoms with van der Waals surface area (Å²) in [6.45, 7) is 2.56. The van der Waals surface area contributed by atoms with Crippen LogP contribution in [-0.2, 0) is 14.3 Å². The predicted octanol–water partition coefficient (Wildman–Crippen LogP) is 2.03. The lowest BCUT2D eigenvalue weighted by atomic mass is 10.1. The molecule has 0 radical (unpaired) electrons. The average molecular weight is 286 g/mol. The molecule has 0 aliphatic carbocycles. The second-order valence-electron chi connectivity index (χ2n) is 4.27. The normalized spacial score (nSPS) is 10.1. The molecule has 1 N–H and O–H groups in total. The molecular formula is C16H18N2O3. The zero-order valence-electron chi connectivity index (χ0n) is 12.0. The molecule has 0 saturated carbocycles. The van der Waals surface area contributed by atoms with Crippen LogP contribution in [-0.4, -0.2) is 25.0 Å². The van der Waals surface area contributed by atoms with E-state index < -0.39 is 0 Å². The van der Waals surface area contributed by atoms with Crippen LogP contribution >= 0.6 is 0 Å². The Bertz CT molecular complexity index is 542. The fourth-order valence-electron chi connectivity index (χ4n) is 1.58. The van der Waals surface area contributed by atoms with Gasteiger partial charge in [0.15, 0.2) is 0 Å². The number of amides is 1. The topological polar surface area (TPSA) is 79.2 Å². The van der Waals surface area contributed by atoms with Gasteiger partial charge in [-0.3, -0.25) is 9.59 Å². The second kappa shape index (κ2) is 9.32. The Morgan fingerprint density at radius 1 is 1.33 bits per heavy atom. The van der Waals surface area contributed by atoms with Crippen LogP contribution in [0.2, 0.25) is 0 Å². The smallest absolute Gasteiger partial charge is 0.305 e. The Kier molecular flexibility index (Phi) is 7.30. The van der Waals surface area contributed by atoms with Gasteiger partial charge >= 0.3 is 5.97 Å². The van der Waals surface area contributed by atoms with Gasteiger partial charge in [0, 0.05) is 19.0 Å². The van der Waals surface area contributed by atoms with Crippen LogP contribution in [0.15, 0.2) is 30.3 Å². The van der Waals surface area contributed by atoms with E-state index in [0.717, 1.165) is 5.56 Å². The Hall–Kier alpha value is -2.61. The first-order valence-electron chi connectivity index (χ1n) is 6.77. The summed E-state index contributed by atoms with van der Waals surface area (Å²) in [5.41, 5.74) is 1.42. The molecule has 1 amide bonds. The summed E-state index contributed by atoms with van der Waals surface area (Å²) in [6, 6.07) is 8.95. The van der Waals surface area contributed by atoms with Crippen molar-refractivity contribution in [3.8, 4) is 6.07 Å². The number of carbonyl (C=O) groups is 2. The second-order valence-corrected chi connectivity index (χ2v) is 4.27. The predicted molar refractivity (Wildman–Crippen MR) is 79.1 cm³/mol. The molecule has 5 nitrogen and oxygen atoms in total. The third-order valence-electron chi connectivity index (χ3n) is 2.63. The molecule has 0 atom stereocenters. The lowest BCUT2D eigenvalue weighted by molar-refractivity contribution is -0.143. The Morgan fingerprint density at radius 3 is 2.67 bits per heavy atom. The first kappa shape index (κ1) is 16.4. The maximum atomic E-state index is 11.5. The van der Waals surface area contributed by atoms with E-state index in [2.05, 4.69) is 5.32 Å². The fraction of sp³-hybridized carbons (Fsp3) is 0.312. The highest BCUT2D eigenvalue weighted by molar-refractivity contribution is 5.91. The molecule has 0 heterocycles. The van der Waals surface area contributed by atoms with E-state index in [9.17, 15) is 9.59 Å². The van der Waals surface area contributed by atoms with E-state index in [0.29, 0.717) is 31.6 Å². The summed E-state index contributed by atoms with van der Waals surface area (Å²) in [5.74, 6) is -0.469. The van der Waals surface area contributed by atoms with Gasteiger partial charge in [-0.15, -0.1) is 0 Å². The van der Waals surface area contributed by atoms with Crippen LogP contribution < -0.4 is 5.32 Å². The highest BCUT2D eigenvalue weighted by atomic mass is 16.5. The standard InChI is InChI=1S/C16H18N2O3/c1-2-21-16(20)4-3-11-18-15(19)10-9-13-5-7-14(12-17)8-6-13/h5-10H,2-4,11H2,1H3,(H,18,19). The molecule has 0 aliphatic rings. The molecule has 21 heavy (non-hydrogen) atoms. The van der Waals surface area contributed by atoms with Crippen molar-refractivity contribution in [1.29, 1.82) is 5.26 Å². The molecule has 0 saturated heterocycles. The molecule has 1 aromatic carbocycles. The number of nitrogens with zero attached hydrogens (tertiary/aromatic N) is 1. The number of ether oxygens (including phenoxy) is 1. The lowest BCUT2D eigenvalue weighted by Gasteiger charge is -2.02. The SMILES string of the molecule is CCOC(=O)CCCNC(=O)C=Cc1ccc(C#N)cc1. The quantitative estimate of drug-likeness (QED) is 0.472. The minimum absolute atomic E-state index is 0.219. The molecule has 1 rings (SSSR count). The molecular weight excluding hydrogens is 268 g/mol. The maximum absolute atomic E-state index is 11.5. The van der Waals surface area contributed by atoms with Gasteiger partial charge in [0.2, 0.25) is 5.91 Å². The molecule has 0 bridgehead atoms. The zero-order valence-corrected chi connectivity index (χ0v) is 12.0. The van der Waals surface area contributed by atoms with E-state index in [1.165, 1.54) is 6.08 Å². The van der Waals surface area contributed by atoms with Gasteiger partial charge in [-0.25, -0.2) is 0 Å². The minimum Gasteiger partial charge on any atom is -0.466 e. The highest BCUT2D eigenvalue weighted by Crippen LogP contribution is 2.04. The van der Waals surface area contributed by atoms with Crippen molar-refractivity contribution in [2.24, 2.45) is 0 Å². The number of carbonyl (C=O) groups excluding carboxylic acids is 2. The molecule has 0 spiro atoms. The van der Waals surface area contributed by atoms with Crippen molar-refractivity contribution in [3.05, 3.63) is 41.5 Å². The van der Waals surface area contributed by atoms with Crippen molar-refractivity contribution in [2.45, 2.75) is 19.8 Å². The monoisotopic (exact) mass is 286 g/mol. The van der Waals surface area contributed by atoms with Gasteiger partial charge in [-0.05, 0) is 37.1 Å². The van der Waals surface area contributed by atoms with Gasteiger partial charge in [0.1, 0.15) is 0 Å². The summed E-state index contributed by atoms with van der Waals surface area (Å²) in [5, 5.41) is 11.4. The zero-order chi connectivity index (χ0) is 15.5. The van der Waals surface area contributed by atoms with Crippen LogP contribution in [0.5, 0.6) is 0 Å². The average Bonchev–Trinajstić information content (AvgIpc) is 2.50. The largest absolute Gasteiger partial charge is 0.466 e. The van der Waals surface area contributed by atoms with E-state index in [1.54, 1.807) is 37.3 Å². The molecule has 110 valence electrons. The lowest BCUT2D eigenvalue weighted by Crippen LogP contribution is -2.22. The van der Waals surface area contributed by atoms with Gasteiger partial charge in [0.05, 0.1) is 18.2 Å². The van der Waals surface area contributed by atoms with Crippen molar-refractivity contribution in [3.63, 3.8) is 0 Å². The Balaban J connectivity index is 2.28. The van der Waals surface area contributed by atoms with Crippen molar-refractivity contribution in [1.82, 2.24) is 5.32 Å². The summed E-state index contributed by atoms with van der Waals surface area (Å²) < 4.78 is 4.78. The first-order valence-corrected chi connectivity index (χ1v) is 6.77. The van der Waals surface area contributed by atoms with Crippen molar-refractivity contribution in [2.75, 3.05) is 13.2 Å². The van der Waals surface area contributed by atoms with E-state index >= 15 is 0 Å². The number of nitrogens with one attached hydrogen (secondary N) is 1. The van der Waals surface area contributed by atoms with Crippen molar-refractivity contribution < 1.29 is 14.3 Å². The maximum Gasteiger partial charge on any atom is 0.305 e. The molecule has 0 aromatic heterocycles. The number of esters is 1. The van der Waals surface area contributed by atoms with Gasteiger partial charge in [-0.2, -0.15) is 5.26 Å². The Morgan fingerprint density at radius 2 is 2.05 bits per heavy atom. The third-order valence-corrected chi connectivity index (χ3v) is 2.63. The summed E-state index contributed by atoms with van der Waals surface area (Å²) in [6.07, 6.45) is 3.94. The van der Waals surface area contributed by atoms with E-state index in [4.69, 9.17) is 10.00 Å². The van der Waals surface area contributed by atoms with Gasteiger partial charge in [-0.1, -0.05) is 12.1 Å². The molecule has 5 heteroatoms. The Labute approximate surface area is 124 Å².